The average molecular weight is 305 g/mol. The standard InChI is InChI=1S/C15H19N3O2S/c1-2-7-17-10-15(20)18(11-14(17)19)9-13-12(4-3-6-16)5-8-21-13/h5,8H,2,6-7,9-11,16H2,1H3. The lowest BCUT2D eigenvalue weighted by Gasteiger charge is -2.33. The molecule has 0 bridgehead atoms. The number of thiophene rings is 1. The van der Waals surface area contributed by atoms with Crippen LogP contribution in [0, 0.1) is 11.8 Å². The van der Waals surface area contributed by atoms with E-state index < -0.39 is 0 Å². The third-order valence-corrected chi connectivity index (χ3v) is 4.16. The molecule has 0 unspecified atom stereocenters. The molecular formula is C15H19N3O2S. The van der Waals surface area contributed by atoms with E-state index in [1.54, 1.807) is 21.1 Å². The van der Waals surface area contributed by atoms with E-state index >= 15 is 0 Å². The molecule has 5 nitrogen and oxygen atoms in total. The van der Waals surface area contributed by atoms with Gasteiger partial charge in [0.15, 0.2) is 0 Å². The summed E-state index contributed by atoms with van der Waals surface area (Å²) in [6.45, 7) is 3.73. The highest BCUT2D eigenvalue weighted by Crippen LogP contribution is 2.19. The summed E-state index contributed by atoms with van der Waals surface area (Å²) in [5, 5.41) is 1.94. The fourth-order valence-corrected chi connectivity index (χ4v) is 3.06. The molecule has 2 rings (SSSR count). The predicted molar refractivity (Wildman–Crippen MR) is 82.5 cm³/mol. The van der Waals surface area contributed by atoms with Gasteiger partial charge in [0, 0.05) is 17.0 Å². The SMILES string of the molecule is CCCN1CC(=O)N(Cc2sccc2C#CCN)CC1=O. The van der Waals surface area contributed by atoms with Gasteiger partial charge >= 0.3 is 0 Å². The second-order valence-corrected chi connectivity index (χ2v) is 5.83. The Hall–Kier alpha value is -1.84. The highest BCUT2D eigenvalue weighted by atomic mass is 32.1. The number of carbonyl (C=O) groups excluding carboxylic acids is 2. The van der Waals surface area contributed by atoms with E-state index in [2.05, 4.69) is 11.8 Å². The quantitative estimate of drug-likeness (QED) is 0.830. The van der Waals surface area contributed by atoms with Gasteiger partial charge in [0.25, 0.3) is 0 Å². The number of rotatable bonds is 4. The van der Waals surface area contributed by atoms with Gasteiger partial charge in [-0.05, 0) is 17.9 Å². The van der Waals surface area contributed by atoms with Gasteiger partial charge < -0.3 is 15.5 Å². The van der Waals surface area contributed by atoms with Gasteiger partial charge in [0.2, 0.25) is 11.8 Å². The van der Waals surface area contributed by atoms with Crippen molar-refractivity contribution in [3.8, 4) is 11.8 Å². The maximum absolute atomic E-state index is 12.2. The number of piperazine rings is 1. The van der Waals surface area contributed by atoms with Gasteiger partial charge in [-0.15, -0.1) is 11.3 Å². The number of carbonyl (C=O) groups is 2. The van der Waals surface area contributed by atoms with Crippen molar-refractivity contribution in [1.82, 2.24) is 9.80 Å². The van der Waals surface area contributed by atoms with Crippen LogP contribution in [0.4, 0.5) is 0 Å². The smallest absolute Gasteiger partial charge is 0.242 e. The van der Waals surface area contributed by atoms with Gasteiger partial charge in [0.1, 0.15) is 6.54 Å². The van der Waals surface area contributed by atoms with Crippen molar-refractivity contribution in [2.45, 2.75) is 19.9 Å². The monoisotopic (exact) mass is 305 g/mol. The normalized spacial score (nSPS) is 15.1. The molecule has 1 fully saturated rings. The molecule has 112 valence electrons. The topological polar surface area (TPSA) is 66.6 Å². The van der Waals surface area contributed by atoms with Gasteiger partial charge in [-0.3, -0.25) is 9.59 Å². The minimum atomic E-state index is -0.00539. The third-order valence-electron chi connectivity index (χ3n) is 3.26. The molecule has 21 heavy (non-hydrogen) atoms. The molecule has 1 aliphatic heterocycles. The van der Waals surface area contributed by atoms with Crippen molar-refractivity contribution in [3.05, 3.63) is 21.9 Å². The molecule has 0 radical (unpaired) electrons. The zero-order valence-electron chi connectivity index (χ0n) is 12.1. The van der Waals surface area contributed by atoms with Crippen LogP contribution in [-0.4, -0.2) is 47.8 Å². The van der Waals surface area contributed by atoms with Crippen LogP contribution in [0.2, 0.25) is 0 Å². The van der Waals surface area contributed by atoms with Gasteiger partial charge in [-0.25, -0.2) is 0 Å². The van der Waals surface area contributed by atoms with Crippen molar-refractivity contribution in [3.63, 3.8) is 0 Å². The Labute approximate surface area is 128 Å². The van der Waals surface area contributed by atoms with Crippen LogP contribution >= 0.6 is 11.3 Å². The Morgan fingerprint density at radius 1 is 1.29 bits per heavy atom. The first-order valence-corrected chi connectivity index (χ1v) is 7.84. The molecule has 2 heterocycles. The van der Waals surface area contributed by atoms with E-state index in [9.17, 15) is 9.59 Å². The summed E-state index contributed by atoms with van der Waals surface area (Å²) < 4.78 is 0. The fraction of sp³-hybridized carbons (Fsp3) is 0.467. The van der Waals surface area contributed by atoms with Gasteiger partial charge in [0.05, 0.1) is 19.6 Å². The van der Waals surface area contributed by atoms with Crippen molar-refractivity contribution in [2.24, 2.45) is 5.73 Å². The van der Waals surface area contributed by atoms with E-state index in [4.69, 9.17) is 5.73 Å². The molecule has 1 aromatic rings. The summed E-state index contributed by atoms with van der Waals surface area (Å²) in [7, 11) is 0. The highest BCUT2D eigenvalue weighted by molar-refractivity contribution is 7.10. The summed E-state index contributed by atoms with van der Waals surface area (Å²) in [6, 6.07) is 1.92. The lowest BCUT2D eigenvalue weighted by atomic mass is 10.2. The van der Waals surface area contributed by atoms with Crippen molar-refractivity contribution >= 4 is 23.2 Å². The molecule has 1 aliphatic rings. The summed E-state index contributed by atoms with van der Waals surface area (Å²) in [4.78, 5) is 28.4. The van der Waals surface area contributed by atoms with Crippen molar-refractivity contribution < 1.29 is 9.59 Å². The van der Waals surface area contributed by atoms with Crippen LogP contribution in [0.1, 0.15) is 23.8 Å². The first-order chi connectivity index (χ1) is 10.2. The third kappa shape index (κ3) is 3.84. The van der Waals surface area contributed by atoms with Crippen LogP contribution in [0.3, 0.4) is 0 Å². The first-order valence-electron chi connectivity index (χ1n) is 6.96. The molecule has 0 aliphatic carbocycles. The molecule has 2 N–H and O–H groups in total. The second-order valence-electron chi connectivity index (χ2n) is 4.83. The average Bonchev–Trinajstić information content (AvgIpc) is 2.89. The Morgan fingerprint density at radius 3 is 2.71 bits per heavy atom. The van der Waals surface area contributed by atoms with Crippen LogP contribution in [-0.2, 0) is 16.1 Å². The lowest BCUT2D eigenvalue weighted by molar-refractivity contribution is -0.150. The molecule has 6 heteroatoms. The zero-order chi connectivity index (χ0) is 15.2. The van der Waals surface area contributed by atoms with E-state index in [-0.39, 0.29) is 24.9 Å². The van der Waals surface area contributed by atoms with Crippen molar-refractivity contribution in [2.75, 3.05) is 26.2 Å². The Morgan fingerprint density at radius 2 is 2.00 bits per heavy atom. The number of nitrogens with two attached hydrogens (primary N) is 1. The van der Waals surface area contributed by atoms with Gasteiger partial charge in [-0.2, -0.15) is 0 Å². The van der Waals surface area contributed by atoms with Crippen molar-refractivity contribution in [1.29, 1.82) is 0 Å². The predicted octanol–water partition coefficient (Wildman–Crippen LogP) is 0.639. The number of hydrogen-bond acceptors (Lipinski definition) is 4. The summed E-state index contributed by atoms with van der Waals surface area (Å²) in [5.41, 5.74) is 6.27. The molecule has 2 amide bonds. The Kier molecular flexibility index (Phi) is 5.37. The van der Waals surface area contributed by atoms with Crippen LogP contribution in [0.15, 0.2) is 11.4 Å². The van der Waals surface area contributed by atoms with Crippen LogP contribution in [0.5, 0.6) is 0 Å². The van der Waals surface area contributed by atoms with E-state index in [1.165, 1.54) is 0 Å². The van der Waals surface area contributed by atoms with Crippen LogP contribution < -0.4 is 5.73 Å². The summed E-state index contributed by atoms with van der Waals surface area (Å²) in [5.74, 6) is 5.83. The number of amides is 2. The molecule has 0 aromatic carbocycles. The maximum atomic E-state index is 12.2. The maximum Gasteiger partial charge on any atom is 0.242 e. The summed E-state index contributed by atoms with van der Waals surface area (Å²) in [6.07, 6.45) is 0.864. The largest absolute Gasteiger partial charge is 0.332 e. The minimum Gasteiger partial charge on any atom is -0.332 e. The number of hydrogen-bond donors (Lipinski definition) is 1. The van der Waals surface area contributed by atoms with E-state index in [0.29, 0.717) is 19.6 Å². The first kappa shape index (κ1) is 15.5. The molecule has 0 atom stereocenters. The molecule has 1 saturated heterocycles. The van der Waals surface area contributed by atoms with E-state index in [1.807, 2.05) is 18.4 Å². The Bertz CT molecular complexity index is 585. The van der Waals surface area contributed by atoms with E-state index in [0.717, 1.165) is 16.9 Å². The minimum absolute atomic E-state index is 0.00539. The fourth-order valence-electron chi connectivity index (χ4n) is 2.21. The zero-order valence-corrected chi connectivity index (χ0v) is 12.9. The second kappa shape index (κ2) is 7.25. The lowest BCUT2D eigenvalue weighted by Crippen LogP contribution is -2.53. The Balaban J connectivity index is 2.05. The molecular weight excluding hydrogens is 286 g/mol. The molecule has 0 spiro atoms. The summed E-state index contributed by atoms with van der Waals surface area (Å²) >= 11 is 1.55. The highest BCUT2D eigenvalue weighted by Gasteiger charge is 2.29. The van der Waals surface area contributed by atoms with Crippen LogP contribution in [0.25, 0.3) is 0 Å². The molecule has 0 saturated carbocycles. The molecule has 1 aromatic heterocycles. The van der Waals surface area contributed by atoms with Gasteiger partial charge in [-0.1, -0.05) is 18.8 Å². The number of nitrogens with zero attached hydrogens (tertiary/aromatic N) is 2.